The monoisotopic (exact) mass is 397 g/mol. The molecule has 4 rings (SSSR count). The number of fused-ring (bicyclic) bond motifs is 2. The number of hydrogen-bond acceptors (Lipinski definition) is 3. The van der Waals surface area contributed by atoms with Crippen molar-refractivity contribution in [3.8, 4) is 5.75 Å². The minimum Gasteiger partial charge on any atom is -0.484 e. The summed E-state index contributed by atoms with van der Waals surface area (Å²) in [6.45, 7) is 0.425. The number of hydrogen-bond donors (Lipinski definition) is 3. The number of carbonyl (C=O) groups excluding carboxylic acids is 2. The van der Waals surface area contributed by atoms with Crippen molar-refractivity contribution in [2.75, 3.05) is 18.5 Å². The molecule has 0 fully saturated rings. The lowest BCUT2D eigenvalue weighted by atomic mass is 10.0. The van der Waals surface area contributed by atoms with Gasteiger partial charge in [-0.2, -0.15) is 0 Å². The van der Waals surface area contributed by atoms with Gasteiger partial charge in [-0.1, -0.05) is 17.7 Å². The highest BCUT2D eigenvalue weighted by molar-refractivity contribution is 6.31. The summed E-state index contributed by atoms with van der Waals surface area (Å²) in [4.78, 5) is 26.8. The van der Waals surface area contributed by atoms with E-state index in [2.05, 4.69) is 15.6 Å². The molecular formula is C21H20ClN3O3. The zero-order valence-electron chi connectivity index (χ0n) is 15.2. The first-order valence-corrected chi connectivity index (χ1v) is 9.54. The topological polar surface area (TPSA) is 83.2 Å². The summed E-state index contributed by atoms with van der Waals surface area (Å²) in [5.74, 6) is 0.364. The van der Waals surface area contributed by atoms with Gasteiger partial charge in [0.05, 0.1) is 0 Å². The first-order chi connectivity index (χ1) is 13.6. The zero-order chi connectivity index (χ0) is 19.5. The quantitative estimate of drug-likeness (QED) is 0.595. The van der Waals surface area contributed by atoms with E-state index in [1.165, 1.54) is 0 Å². The molecule has 1 aliphatic heterocycles. The maximum atomic E-state index is 12.1. The van der Waals surface area contributed by atoms with Gasteiger partial charge >= 0.3 is 0 Å². The maximum Gasteiger partial charge on any atom is 0.257 e. The molecule has 3 N–H and O–H groups in total. The zero-order valence-corrected chi connectivity index (χ0v) is 15.9. The second kappa shape index (κ2) is 7.94. The molecule has 0 atom stereocenters. The minimum atomic E-state index is -0.195. The third-order valence-electron chi connectivity index (χ3n) is 4.79. The smallest absolute Gasteiger partial charge is 0.257 e. The Hall–Kier alpha value is -2.99. The van der Waals surface area contributed by atoms with Crippen molar-refractivity contribution < 1.29 is 14.3 Å². The molecule has 0 saturated heterocycles. The van der Waals surface area contributed by atoms with Crippen LogP contribution in [0.5, 0.6) is 5.75 Å². The van der Waals surface area contributed by atoms with Crippen molar-refractivity contribution in [2.24, 2.45) is 0 Å². The van der Waals surface area contributed by atoms with Crippen LogP contribution in [0.1, 0.15) is 17.5 Å². The molecular weight excluding hydrogens is 378 g/mol. The second-order valence-corrected chi connectivity index (χ2v) is 7.20. The molecule has 2 aromatic carbocycles. The number of carbonyl (C=O) groups is 2. The number of nitrogens with one attached hydrogen (secondary N) is 3. The molecule has 0 unspecified atom stereocenters. The lowest BCUT2D eigenvalue weighted by molar-refractivity contribution is -0.123. The Labute approximate surface area is 167 Å². The average Bonchev–Trinajstić information content (AvgIpc) is 3.08. The van der Waals surface area contributed by atoms with Gasteiger partial charge < -0.3 is 20.4 Å². The third kappa shape index (κ3) is 4.12. The fourth-order valence-corrected chi connectivity index (χ4v) is 3.51. The van der Waals surface area contributed by atoms with Crippen LogP contribution in [0.2, 0.25) is 5.02 Å². The van der Waals surface area contributed by atoms with Crippen molar-refractivity contribution in [1.29, 1.82) is 0 Å². The second-order valence-electron chi connectivity index (χ2n) is 6.76. The molecule has 1 aromatic heterocycles. The average molecular weight is 398 g/mol. The van der Waals surface area contributed by atoms with Crippen LogP contribution >= 0.6 is 11.6 Å². The van der Waals surface area contributed by atoms with Gasteiger partial charge in [0.15, 0.2) is 6.61 Å². The number of benzene rings is 2. The molecule has 0 saturated carbocycles. The van der Waals surface area contributed by atoms with E-state index in [9.17, 15) is 9.59 Å². The number of aryl methyl sites for hydroxylation is 1. The lowest BCUT2D eigenvalue weighted by Crippen LogP contribution is -2.30. The summed E-state index contributed by atoms with van der Waals surface area (Å²) in [6, 6.07) is 11.2. The summed E-state index contributed by atoms with van der Waals surface area (Å²) in [6.07, 6.45) is 3.85. The van der Waals surface area contributed by atoms with Crippen LogP contribution in [-0.2, 0) is 22.4 Å². The van der Waals surface area contributed by atoms with Gasteiger partial charge in [0.2, 0.25) is 5.91 Å². The van der Waals surface area contributed by atoms with Crippen molar-refractivity contribution in [1.82, 2.24) is 10.3 Å². The molecule has 6 nitrogen and oxygen atoms in total. The Morgan fingerprint density at radius 1 is 1.18 bits per heavy atom. The summed E-state index contributed by atoms with van der Waals surface area (Å²) >= 11 is 6.06. The maximum absolute atomic E-state index is 12.1. The van der Waals surface area contributed by atoms with Gasteiger partial charge in [0.25, 0.3) is 5.91 Å². The standard InChI is InChI=1S/C21H20ClN3O3/c22-15-3-5-18-17(9-15)14(11-24-18)7-8-23-21(27)12-28-16-4-1-13-2-6-20(26)25-19(13)10-16/h1,3-5,9-11,24H,2,6-8,12H2,(H,23,27)(H,25,26). The molecule has 2 heterocycles. The van der Waals surface area contributed by atoms with Crippen LogP contribution in [0.25, 0.3) is 10.9 Å². The number of amides is 2. The molecule has 1 aliphatic rings. The van der Waals surface area contributed by atoms with Crippen molar-refractivity contribution in [2.45, 2.75) is 19.3 Å². The Bertz CT molecular complexity index is 1040. The van der Waals surface area contributed by atoms with Crippen LogP contribution in [0.4, 0.5) is 5.69 Å². The fourth-order valence-electron chi connectivity index (χ4n) is 3.33. The Balaban J connectivity index is 1.27. The molecule has 144 valence electrons. The Morgan fingerprint density at radius 3 is 2.96 bits per heavy atom. The first kappa shape index (κ1) is 18.4. The van der Waals surface area contributed by atoms with Crippen molar-refractivity contribution in [3.63, 3.8) is 0 Å². The van der Waals surface area contributed by atoms with E-state index in [-0.39, 0.29) is 18.4 Å². The van der Waals surface area contributed by atoms with Gasteiger partial charge in [-0.25, -0.2) is 0 Å². The number of halogens is 1. The number of anilines is 1. The highest BCUT2D eigenvalue weighted by Crippen LogP contribution is 2.27. The van der Waals surface area contributed by atoms with Gasteiger partial charge in [0.1, 0.15) is 5.75 Å². The van der Waals surface area contributed by atoms with E-state index in [1.807, 2.05) is 36.5 Å². The predicted molar refractivity (Wildman–Crippen MR) is 109 cm³/mol. The highest BCUT2D eigenvalue weighted by Gasteiger charge is 2.15. The Morgan fingerprint density at radius 2 is 2.07 bits per heavy atom. The summed E-state index contributed by atoms with van der Waals surface area (Å²) in [5, 5.41) is 7.43. The number of ether oxygens (including phenoxy) is 1. The van der Waals surface area contributed by atoms with E-state index < -0.39 is 0 Å². The van der Waals surface area contributed by atoms with Gasteiger partial charge in [-0.3, -0.25) is 9.59 Å². The van der Waals surface area contributed by atoms with Gasteiger partial charge in [-0.15, -0.1) is 0 Å². The Kier molecular flexibility index (Phi) is 5.21. The lowest BCUT2D eigenvalue weighted by Gasteiger charge is -2.17. The van der Waals surface area contributed by atoms with Gasteiger partial charge in [-0.05, 0) is 48.2 Å². The summed E-state index contributed by atoms with van der Waals surface area (Å²) in [7, 11) is 0. The highest BCUT2D eigenvalue weighted by atomic mass is 35.5. The van der Waals surface area contributed by atoms with E-state index >= 15 is 0 Å². The van der Waals surface area contributed by atoms with E-state index in [0.717, 1.165) is 34.1 Å². The molecule has 0 radical (unpaired) electrons. The van der Waals surface area contributed by atoms with Gasteiger partial charge in [0, 0.05) is 46.8 Å². The molecule has 0 aliphatic carbocycles. The molecule has 0 spiro atoms. The van der Waals surface area contributed by atoms with Crippen molar-refractivity contribution in [3.05, 3.63) is 58.7 Å². The largest absolute Gasteiger partial charge is 0.484 e. The number of H-pyrrole nitrogens is 1. The summed E-state index contributed by atoms with van der Waals surface area (Å²) < 4.78 is 5.56. The normalized spacial score (nSPS) is 13.1. The molecule has 28 heavy (non-hydrogen) atoms. The molecule has 2 amide bonds. The SMILES string of the molecule is O=C(COc1ccc2c(c1)NC(=O)CC2)NCCc1c[nH]c2ccc(Cl)cc12. The third-order valence-corrected chi connectivity index (χ3v) is 5.03. The number of aromatic amines is 1. The van der Waals surface area contributed by atoms with Crippen LogP contribution in [-0.4, -0.2) is 29.9 Å². The number of aromatic nitrogens is 1. The molecule has 3 aromatic rings. The van der Waals surface area contributed by atoms with Crippen LogP contribution in [0.15, 0.2) is 42.6 Å². The minimum absolute atomic E-state index is 0.000890. The first-order valence-electron chi connectivity index (χ1n) is 9.16. The van der Waals surface area contributed by atoms with Crippen LogP contribution in [0.3, 0.4) is 0 Å². The summed E-state index contributed by atoms with van der Waals surface area (Å²) in [5.41, 5.74) is 3.96. The number of rotatable bonds is 6. The van der Waals surface area contributed by atoms with E-state index in [0.29, 0.717) is 30.2 Å². The van der Waals surface area contributed by atoms with E-state index in [4.69, 9.17) is 16.3 Å². The molecule has 7 heteroatoms. The van der Waals surface area contributed by atoms with E-state index in [1.54, 1.807) is 6.07 Å². The fraction of sp³-hybridized carbons (Fsp3) is 0.238. The van der Waals surface area contributed by atoms with Crippen LogP contribution in [0, 0.1) is 0 Å². The molecule has 0 bridgehead atoms. The predicted octanol–water partition coefficient (Wildman–Crippen LogP) is 3.44. The van der Waals surface area contributed by atoms with Crippen molar-refractivity contribution >= 4 is 40.0 Å². The van der Waals surface area contributed by atoms with Crippen LogP contribution < -0.4 is 15.4 Å².